The van der Waals surface area contributed by atoms with E-state index in [1.54, 1.807) is 19.3 Å². The normalized spacial score (nSPS) is 14.8. The van der Waals surface area contributed by atoms with Crippen molar-refractivity contribution in [3.63, 3.8) is 0 Å². The molecular weight excluding hydrogens is 404 g/mol. The molecule has 0 spiro atoms. The molecule has 0 aliphatic carbocycles. The summed E-state index contributed by atoms with van der Waals surface area (Å²) < 4.78 is 17.8. The van der Waals surface area contributed by atoms with Crippen molar-refractivity contribution in [1.82, 2.24) is 0 Å². The molecule has 0 saturated carbocycles. The van der Waals surface area contributed by atoms with E-state index in [4.69, 9.17) is 13.9 Å². The van der Waals surface area contributed by atoms with Crippen molar-refractivity contribution < 1.29 is 19.0 Å². The van der Waals surface area contributed by atoms with Crippen LogP contribution in [0.15, 0.2) is 61.2 Å². The molecule has 0 radical (unpaired) electrons. The first-order chi connectivity index (χ1) is 14.6. The van der Waals surface area contributed by atoms with Crippen molar-refractivity contribution >= 4 is 8.32 Å². The van der Waals surface area contributed by atoms with Gasteiger partial charge in [0.15, 0.2) is 8.32 Å². The lowest BCUT2D eigenvalue weighted by Crippen LogP contribution is -2.44. The fourth-order valence-corrected chi connectivity index (χ4v) is 4.10. The van der Waals surface area contributed by atoms with E-state index < -0.39 is 14.4 Å². The average molecular weight is 447 g/mol. The summed E-state index contributed by atoms with van der Waals surface area (Å²) in [5, 5.41) is 9.89. The van der Waals surface area contributed by atoms with Crippen LogP contribution in [0, 0.1) is 0 Å². The molecule has 1 rings (SSSR count). The van der Waals surface area contributed by atoms with E-state index in [0.29, 0.717) is 19.6 Å². The van der Waals surface area contributed by atoms with Crippen molar-refractivity contribution in [2.75, 3.05) is 13.7 Å². The largest absolute Gasteiger partial charge is 0.497 e. The Morgan fingerprint density at radius 3 is 2.35 bits per heavy atom. The topological polar surface area (TPSA) is 47.9 Å². The second-order valence-corrected chi connectivity index (χ2v) is 14.1. The molecule has 4 nitrogen and oxygen atoms in total. The predicted molar refractivity (Wildman–Crippen MR) is 133 cm³/mol. The molecule has 1 aromatic carbocycles. The summed E-state index contributed by atoms with van der Waals surface area (Å²) >= 11 is 0. The van der Waals surface area contributed by atoms with E-state index in [1.165, 1.54) is 0 Å². The number of hydrogen-bond donors (Lipinski definition) is 1. The highest BCUT2D eigenvalue weighted by Crippen LogP contribution is 2.38. The molecule has 0 aromatic heterocycles. The number of methoxy groups -OCH3 is 1. The van der Waals surface area contributed by atoms with Crippen LogP contribution in [0.3, 0.4) is 0 Å². The van der Waals surface area contributed by atoms with Gasteiger partial charge in [-0.05, 0) is 55.1 Å². The van der Waals surface area contributed by atoms with Crippen LogP contribution in [-0.4, -0.2) is 39.3 Å². The van der Waals surface area contributed by atoms with Crippen LogP contribution in [0.5, 0.6) is 5.75 Å². The standard InChI is InChI=1S/C26H42O4Si/c1-8-12-23(27)13-10-9-11-14-25(30-31(6,7)26(2,3)4)19-20-29-21-22-15-17-24(28-5)18-16-22/h8-11,13,15-18,23,25,27H,1,12,14,19-21H2,2-7H3/b11-9-,13-10+/t23-,25-/m0/s1. The van der Waals surface area contributed by atoms with Gasteiger partial charge >= 0.3 is 0 Å². The van der Waals surface area contributed by atoms with Crippen LogP contribution < -0.4 is 4.74 Å². The number of aliphatic hydroxyl groups excluding tert-OH is 1. The molecule has 0 aliphatic rings. The minimum Gasteiger partial charge on any atom is -0.497 e. The van der Waals surface area contributed by atoms with Crippen molar-refractivity contribution in [1.29, 1.82) is 0 Å². The number of rotatable bonds is 14. The summed E-state index contributed by atoms with van der Waals surface area (Å²) in [6, 6.07) is 7.95. The Bertz CT molecular complexity index is 686. The highest BCUT2D eigenvalue weighted by Gasteiger charge is 2.38. The summed E-state index contributed by atoms with van der Waals surface area (Å²) in [6.07, 6.45) is 11.3. The van der Waals surface area contributed by atoms with Crippen LogP contribution >= 0.6 is 0 Å². The predicted octanol–water partition coefficient (Wildman–Crippen LogP) is 6.43. The van der Waals surface area contributed by atoms with Gasteiger partial charge in [0, 0.05) is 6.61 Å². The van der Waals surface area contributed by atoms with E-state index in [1.807, 2.05) is 36.4 Å². The number of aliphatic hydroxyl groups is 1. The van der Waals surface area contributed by atoms with E-state index in [-0.39, 0.29) is 11.1 Å². The molecule has 0 aliphatic heterocycles. The lowest BCUT2D eigenvalue weighted by Gasteiger charge is -2.39. The Hall–Kier alpha value is -1.66. The first kappa shape index (κ1) is 27.4. The van der Waals surface area contributed by atoms with Gasteiger partial charge in [-0.3, -0.25) is 0 Å². The minimum absolute atomic E-state index is 0.111. The van der Waals surface area contributed by atoms with E-state index in [0.717, 1.165) is 24.2 Å². The maximum absolute atomic E-state index is 9.73. The first-order valence-electron chi connectivity index (χ1n) is 11.1. The molecule has 0 heterocycles. The Morgan fingerprint density at radius 1 is 1.10 bits per heavy atom. The minimum atomic E-state index is -1.87. The second-order valence-electron chi connectivity index (χ2n) is 9.33. The smallest absolute Gasteiger partial charge is 0.192 e. The summed E-state index contributed by atoms with van der Waals surface area (Å²) in [6.45, 7) is 16.2. The second kappa shape index (κ2) is 13.7. The molecular formula is C26H42O4Si. The third kappa shape index (κ3) is 11.0. The Kier molecular flexibility index (Phi) is 12.1. The Labute approximate surface area is 190 Å². The molecule has 31 heavy (non-hydrogen) atoms. The van der Waals surface area contributed by atoms with E-state index in [9.17, 15) is 5.11 Å². The number of hydrogen-bond acceptors (Lipinski definition) is 4. The van der Waals surface area contributed by atoms with E-state index in [2.05, 4.69) is 46.5 Å². The van der Waals surface area contributed by atoms with Gasteiger partial charge in [0.2, 0.25) is 0 Å². The number of benzene rings is 1. The number of allylic oxidation sites excluding steroid dienone is 2. The fourth-order valence-electron chi connectivity index (χ4n) is 2.70. The highest BCUT2D eigenvalue weighted by atomic mass is 28.4. The SMILES string of the molecule is C=CC[C@H](O)/C=C/C=C\C[C@@H](CCOCc1ccc(OC)cc1)O[Si](C)(C)C(C)(C)C. The summed E-state index contributed by atoms with van der Waals surface area (Å²) in [5.74, 6) is 0.851. The maximum Gasteiger partial charge on any atom is 0.192 e. The molecule has 2 atom stereocenters. The quantitative estimate of drug-likeness (QED) is 0.155. The molecule has 0 saturated heterocycles. The van der Waals surface area contributed by atoms with Crippen molar-refractivity contribution in [3.05, 3.63) is 66.8 Å². The molecule has 1 aromatic rings. The number of ether oxygens (including phenoxy) is 2. The highest BCUT2D eigenvalue weighted by molar-refractivity contribution is 6.74. The lowest BCUT2D eigenvalue weighted by molar-refractivity contribution is 0.0783. The van der Waals surface area contributed by atoms with Gasteiger partial charge in [0.25, 0.3) is 0 Å². The zero-order valence-electron chi connectivity index (χ0n) is 20.3. The third-order valence-electron chi connectivity index (χ3n) is 5.67. The van der Waals surface area contributed by atoms with Crippen molar-refractivity contribution in [2.45, 2.75) is 77.0 Å². The molecule has 0 bridgehead atoms. The zero-order valence-corrected chi connectivity index (χ0v) is 21.3. The van der Waals surface area contributed by atoms with Gasteiger partial charge in [-0.15, -0.1) is 6.58 Å². The monoisotopic (exact) mass is 446 g/mol. The molecule has 174 valence electrons. The van der Waals surface area contributed by atoms with Crippen LogP contribution in [0.1, 0.15) is 45.6 Å². The summed E-state index contributed by atoms with van der Waals surface area (Å²) in [7, 11) is -0.204. The molecule has 0 amide bonds. The maximum atomic E-state index is 9.73. The summed E-state index contributed by atoms with van der Waals surface area (Å²) in [4.78, 5) is 0. The Morgan fingerprint density at radius 2 is 1.77 bits per heavy atom. The van der Waals surface area contributed by atoms with Crippen LogP contribution in [0.4, 0.5) is 0 Å². The zero-order chi connectivity index (χ0) is 23.3. The van der Waals surface area contributed by atoms with Gasteiger partial charge in [-0.1, -0.05) is 63.3 Å². The fraction of sp³-hybridized carbons (Fsp3) is 0.538. The Balaban J connectivity index is 2.61. The van der Waals surface area contributed by atoms with Gasteiger partial charge < -0.3 is 19.0 Å². The van der Waals surface area contributed by atoms with Gasteiger partial charge in [0.1, 0.15) is 5.75 Å². The van der Waals surface area contributed by atoms with Crippen molar-refractivity contribution in [2.24, 2.45) is 0 Å². The molecule has 1 N–H and O–H groups in total. The van der Waals surface area contributed by atoms with Gasteiger partial charge in [0.05, 0.1) is 25.9 Å². The first-order valence-corrected chi connectivity index (χ1v) is 14.0. The van der Waals surface area contributed by atoms with Crippen molar-refractivity contribution in [3.8, 4) is 5.75 Å². The average Bonchev–Trinajstić information content (AvgIpc) is 2.70. The third-order valence-corrected chi connectivity index (χ3v) is 10.2. The van der Waals surface area contributed by atoms with Crippen LogP contribution in [-0.2, 0) is 15.8 Å². The van der Waals surface area contributed by atoms with Crippen LogP contribution in [0.25, 0.3) is 0 Å². The van der Waals surface area contributed by atoms with Crippen LogP contribution in [0.2, 0.25) is 18.1 Å². The van der Waals surface area contributed by atoms with Gasteiger partial charge in [-0.25, -0.2) is 0 Å². The van der Waals surface area contributed by atoms with Gasteiger partial charge in [-0.2, -0.15) is 0 Å². The molecule has 0 fully saturated rings. The summed E-state index contributed by atoms with van der Waals surface area (Å²) in [5.41, 5.74) is 1.13. The lowest BCUT2D eigenvalue weighted by atomic mass is 10.2. The molecule has 5 heteroatoms. The molecule has 0 unspecified atom stereocenters. The van der Waals surface area contributed by atoms with E-state index >= 15 is 0 Å².